The molecule has 3 aromatic carbocycles. The van der Waals surface area contributed by atoms with Gasteiger partial charge >= 0.3 is 5.97 Å². The summed E-state index contributed by atoms with van der Waals surface area (Å²) < 4.78 is 7.16. The topological polar surface area (TPSA) is 112 Å². The Morgan fingerprint density at radius 3 is 2.47 bits per heavy atom. The van der Waals surface area contributed by atoms with Gasteiger partial charge < -0.3 is 29.7 Å². The number of para-hydroxylation sites is 1. The number of carbonyl (C=O) groups is 1. The first kappa shape index (κ1) is 25.1. The largest absolute Gasteiger partial charge is 0.508 e. The molecule has 0 amide bonds. The number of phenols is 3. The molecular formula is C29H31NO6. The van der Waals surface area contributed by atoms with E-state index in [-0.39, 0.29) is 42.4 Å². The third kappa shape index (κ3) is 5.80. The van der Waals surface area contributed by atoms with Crippen molar-refractivity contribution in [2.45, 2.75) is 45.3 Å². The van der Waals surface area contributed by atoms with Gasteiger partial charge in [0.15, 0.2) is 0 Å². The molecule has 0 spiro atoms. The highest BCUT2D eigenvalue weighted by molar-refractivity contribution is 5.89. The van der Waals surface area contributed by atoms with E-state index in [9.17, 15) is 25.2 Å². The van der Waals surface area contributed by atoms with Crippen molar-refractivity contribution in [2.24, 2.45) is 0 Å². The van der Waals surface area contributed by atoms with Crippen molar-refractivity contribution < 1.29 is 30.0 Å². The van der Waals surface area contributed by atoms with E-state index in [0.29, 0.717) is 5.56 Å². The van der Waals surface area contributed by atoms with Crippen LogP contribution in [-0.2, 0) is 24.1 Å². The van der Waals surface area contributed by atoms with Crippen molar-refractivity contribution >= 4 is 16.9 Å². The number of aliphatic hydroxyl groups is 1. The number of fused-ring (bicyclic) bond motifs is 1. The monoisotopic (exact) mass is 489 g/mol. The van der Waals surface area contributed by atoms with Crippen LogP contribution in [0.3, 0.4) is 0 Å². The van der Waals surface area contributed by atoms with Gasteiger partial charge in [-0.25, -0.2) is 4.79 Å². The molecule has 0 saturated heterocycles. The fourth-order valence-electron chi connectivity index (χ4n) is 4.37. The highest BCUT2D eigenvalue weighted by atomic mass is 16.5. The summed E-state index contributed by atoms with van der Waals surface area (Å²) >= 11 is 0. The van der Waals surface area contributed by atoms with Crippen molar-refractivity contribution in [3.05, 3.63) is 89.1 Å². The van der Waals surface area contributed by atoms with Crippen molar-refractivity contribution in [3.63, 3.8) is 0 Å². The summed E-state index contributed by atoms with van der Waals surface area (Å²) in [4.78, 5) is 12.2. The number of unbranched alkanes of at least 4 members (excludes halogenated alkanes) is 1. The van der Waals surface area contributed by atoms with Crippen LogP contribution in [0.2, 0.25) is 0 Å². The summed E-state index contributed by atoms with van der Waals surface area (Å²) in [5, 5.41) is 42.3. The Bertz CT molecular complexity index is 1340. The number of hydrogen-bond donors (Lipinski definition) is 4. The second-order valence-corrected chi connectivity index (χ2v) is 9.02. The van der Waals surface area contributed by atoms with Crippen LogP contribution >= 0.6 is 0 Å². The fraction of sp³-hybridized carbons (Fsp3) is 0.276. The Balaban J connectivity index is 1.50. The molecule has 0 bridgehead atoms. The van der Waals surface area contributed by atoms with Crippen molar-refractivity contribution in [2.75, 3.05) is 6.61 Å². The van der Waals surface area contributed by atoms with Crippen molar-refractivity contribution in [3.8, 4) is 17.2 Å². The molecule has 1 atom stereocenters. The summed E-state index contributed by atoms with van der Waals surface area (Å²) in [6.45, 7) is 2.16. The van der Waals surface area contributed by atoms with Gasteiger partial charge in [-0.05, 0) is 60.4 Å². The lowest BCUT2D eigenvalue weighted by Gasteiger charge is -2.12. The first-order chi connectivity index (χ1) is 17.4. The van der Waals surface area contributed by atoms with E-state index in [1.54, 1.807) is 18.2 Å². The Hall–Kier alpha value is -3.97. The van der Waals surface area contributed by atoms with Gasteiger partial charge in [0.2, 0.25) is 0 Å². The minimum Gasteiger partial charge on any atom is -0.508 e. The minimum atomic E-state index is -0.940. The van der Waals surface area contributed by atoms with E-state index in [1.807, 2.05) is 35.0 Å². The van der Waals surface area contributed by atoms with Crippen LogP contribution in [0.15, 0.2) is 66.9 Å². The van der Waals surface area contributed by atoms with E-state index >= 15 is 0 Å². The number of phenolic OH excluding ortho intramolecular Hbond substituents is 3. The predicted octanol–water partition coefficient (Wildman–Crippen LogP) is 4.91. The SMILES string of the molecule is CCCCc1cc(O)c(Cn2cc(C[C@H](O)COC(=O)c3cccc(O)c3)c3ccccc32)c(O)c1. The molecule has 188 valence electrons. The summed E-state index contributed by atoms with van der Waals surface area (Å²) in [7, 11) is 0. The Kier molecular flexibility index (Phi) is 7.80. The van der Waals surface area contributed by atoms with Crippen LogP contribution in [0.25, 0.3) is 10.9 Å². The summed E-state index contributed by atoms with van der Waals surface area (Å²) in [6.07, 6.45) is 3.99. The van der Waals surface area contributed by atoms with E-state index in [1.165, 1.54) is 18.2 Å². The van der Waals surface area contributed by atoms with Crippen LogP contribution in [-0.4, -0.2) is 43.7 Å². The fourth-order valence-corrected chi connectivity index (χ4v) is 4.37. The number of aryl methyl sites for hydroxylation is 1. The van der Waals surface area contributed by atoms with Crippen LogP contribution in [0.5, 0.6) is 17.2 Å². The van der Waals surface area contributed by atoms with Gasteiger partial charge in [-0.2, -0.15) is 0 Å². The first-order valence-electron chi connectivity index (χ1n) is 12.1. The zero-order chi connectivity index (χ0) is 25.7. The third-order valence-electron chi connectivity index (χ3n) is 6.23. The van der Waals surface area contributed by atoms with Crippen molar-refractivity contribution in [1.82, 2.24) is 4.57 Å². The molecule has 7 nitrogen and oxygen atoms in total. The van der Waals surface area contributed by atoms with Crippen LogP contribution in [0.1, 0.15) is 46.8 Å². The van der Waals surface area contributed by atoms with Crippen LogP contribution < -0.4 is 0 Å². The number of aliphatic hydroxyl groups excluding tert-OH is 1. The van der Waals surface area contributed by atoms with Gasteiger partial charge in [-0.3, -0.25) is 0 Å². The van der Waals surface area contributed by atoms with Gasteiger partial charge in [0.25, 0.3) is 0 Å². The molecule has 1 aromatic heterocycles. The average Bonchev–Trinajstić information content (AvgIpc) is 3.20. The number of hydrogen-bond acceptors (Lipinski definition) is 6. The third-order valence-corrected chi connectivity index (χ3v) is 6.23. The second-order valence-electron chi connectivity index (χ2n) is 9.02. The van der Waals surface area contributed by atoms with Crippen molar-refractivity contribution in [1.29, 1.82) is 0 Å². The maximum Gasteiger partial charge on any atom is 0.338 e. The molecule has 0 saturated carbocycles. The molecule has 0 aliphatic heterocycles. The highest BCUT2D eigenvalue weighted by Crippen LogP contribution is 2.32. The smallest absolute Gasteiger partial charge is 0.338 e. The van der Waals surface area contributed by atoms with Gasteiger partial charge in [0.05, 0.1) is 23.8 Å². The van der Waals surface area contributed by atoms with E-state index in [4.69, 9.17) is 4.74 Å². The molecule has 0 radical (unpaired) electrons. The summed E-state index contributed by atoms with van der Waals surface area (Å²) in [6, 6.07) is 17.0. The number of aromatic hydroxyl groups is 3. The first-order valence-corrected chi connectivity index (χ1v) is 12.1. The van der Waals surface area contributed by atoms with Gasteiger partial charge in [0, 0.05) is 23.5 Å². The average molecular weight is 490 g/mol. The van der Waals surface area contributed by atoms with E-state index < -0.39 is 12.1 Å². The number of aromatic nitrogens is 1. The molecule has 0 aliphatic carbocycles. The summed E-state index contributed by atoms with van der Waals surface area (Å²) in [5.41, 5.74) is 3.29. The van der Waals surface area contributed by atoms with Gasteiger partial charge in [-0.15, -0.1) is 0 Å². The number of ether oxygens (including phenoxy) is 1. The van der Waals surface area contributed by atoms with E-state index in [2.05, 4.69) is 6.92 Å². The Morgan fingerprint density at radius 2 is 1.75 bits per heavy atom. The van der Waals surface area contributed by atoms with Gasteiger partial charge in [0.1, 0.15) is 23.9 Å². The molecule has 0 aliphatic rings. The zero-order valence-corrected chi connectivity index (χ0v) is 20.2. The molecule has 0 fully saturated rings. The molecule has 4 N–H and O–H groups in total. The number of carbonyl (C=O) groups excluding carboxylic acids is 1. The normalized spacial score (nSPS) is 12.1. The lowest BCUT2D eigenvalue weighted by atomic mass is 10.0. The molecule has 1 heterocycles. The zero-order valence-electron chi connectivity index (χ0n) is 20.2. The lowest BCUT2D eigenvalue weighted by molar-refractivity contribution is 0.0259. The quantitative estimate of drug-likeness (QED) is 0.236. The maximum absolute atomic E-state index is 12.2. The highest BCUT2D eigenvalue weighted by Gasteiger charge is 2.17. The maximum atomic E-state index is 12.2. The summed E-state index contributed by atoms with van der Waals surface area (Å²) in [5.74, 6) is -0.551. The predicted molar refractivity (Wildman–Crippen MR) is 138 cm³/mol. The molecule has 36 heavy (non-hydrogen) atoms. The molecule has 7 heteroatoms. The van der Waals surface area contributed by atoms with E-state index in [0.717, 1.165) is 41.3 Å². The Labute approximate surface area is 209 Å². The molecular weight excluding hydrogens is 458 g/mol. The lowest BCUT2D eigenvalue weighted by Crippen LogP contribution is -2.21. The van der Waals surface area contributed by atoms with Gasteiger partial charge in [-0.1, -0.05) is 37.6 Å². The molecule has 4 rings (SSSR count). The van der Waals surface area contributed by atoms with Crippen LogP contribution in [0.4, 0.5) is 0 Å². The standard InChI is InChI=1S/C29H31NO6/c1-2-3-7-19-12-27(33)25(28(34)13-19)17-30-16-21(24-10-4-5-11-26(24)30)15-23(32)18-36-29(35)20-8-6-9-22(31)14-20/h4-6,8-14,16,23,31-34H,2-3,7,15,17-18H2,1H3/t23-/m0/s1. The number of benzene rings is 3. The second kappa shape index (κ2) is 11.2. The number of nitrogens with zero attached hydrogens (tertiary/aromatic N) is 1. The number of esters is 1. The molecule has 0 unspecified atom stereocenters. The van der Waals surface area contributed by atoms with Crippen LogP contribution in [0, 0.1) is 0 Å². The minimum absolute atomic E-state index is 0.0366. The molecule has 4 aromatic rings. The number of rotatable bonds is 10. The Morgan fingerprint density at radius 1 is 1.00 bits per heavy atom.